The van der Waals surface area contributed by atoms with Crippen molar-refractivity contribution in [2.75, 3.05) is 11.1 Å². The monoisotopic (exact) mass is 485 g/mol. The van der Waals surface area contributed by atoms with Gasteiger partial charge in [0.2, 0.25) is 0 Å². The molecule has 0 saturated heterocycles. The van der Waals surface area contributed by atoms with E-state index in [0.717, 1.165) is 29.8 Å². The molecule has 0 bridgehead atoms. The van der Waals surface area contributed by atoms with E-state index in [4.69, 9.17) is 23.1 Å². The van der Waals surface area contributed by atoms with Crippen molar-refractivity contribution in [1.29, 1.82) is 0 Å². The number of halogens is 4. The summed E-state index contributed by atoms with van der Waals surface area (Å²) in [5.74, 6) is -1.12. The molecule has 0 radical (unpaired) electrons. The lowest BCUT2D eigenvalue weighted by Gasteiger charge is -2.11. The average Bonchev–Trinajstić information content (AvgIpc) is 3.21. The number of amides is 2. The van der Waals surface area contributed by atoms with E-state index in [2.05, 4.69) is 25.6 Å². The number of anilines is 2. The number of nitrogens with one attached hydrogen (secondary N) is 2. The fourth-order valence-electron chi connectivity index (χ4n) is 2.57. The average molecular weight is 486 g/mol. The Morgan fingerprint density at radius 1 is 1.16 bits per heavy atom. The third-order valence-corrected chi connectivity index (χ3v) is 5.43. The van der Waals surface area contributed by atoms with Gasteiger partial charge in [-0.05, 0) is 18.2 Å². The highest BCUT2D eigenvalue weighted by atomic mass is 35.5. The Morgan fingerprint density at radius 3 is 2.59 bits per heavy atom. The molecule has 0 aliphatic rings. The van der Waals surface area contributed by atoms with Crippen LogP contribution in [-0.4, -0.2) is 26.8 Å². The minimum absolute atomic E-state index is 0.0239. The van der Waals surface area contributed by atoms with E-state index in [9.17, 15) is 22.8 Å². The molecule has 32 heavy (non-hydrogen) atoms. The molecule has 1 aromatic carbocycles. The third kappa shape index (κ3) is 5.30. The van der Waals surface area contributed by atoms with Crippen molar-refractivity contribution in [1.82, 2.24) is 20.3 Å². The van der Waals surface area contributed by atoms with Gasteiger partial charge >= 0.3 is 6.18 Å². The second-order valence-corrected chi connectivity index (χ2v) is 7.76. The number of carbonyl (C=O) groups is 2. The lowest BCUT2D eigenvalue weighted by molar-refractivity contribution is -0.137. The first-order chi connectivity index (χ1) is 15.1. The minimum atomic E-state index is -4.66. The molecular formula is C18H15ClF3N7O2S. The summed E-state index contributed by atoms with van der Waals surface area (Å²) in [5.41, 5.74) is 10.4. The van der Waals surface area contributed by atoms with Gasteiger partial charge < -0.3 is 22.1 Å². The van der Waals surface area contributed by atoms with Crippen molar-refractivity contribution in [3.63, 3.8) is 0 Å². The molecule has 3 aromatic rings. The lowest BCUT2D eigenvalue weighted by Crippen LogP contribution is -2.26. The molecule has 3 rings (SSSR count). The van der Waals surface area contributed by atoms with E-state index >= 15 is 0 Å². The van der Waals surface area contributed by atoms with Gasteiger partial charge in [-0.1, -0.05) is 11.6 Å². The van der Waals surface area contributed by atoms with Crippen molar-refractivity contribution in [2.45, 2.75) is 19.3 Å². The summed E-state index contributed by atoms with van der Waals surface area (Å²) >= 11 is 6.53. The van der Waals surface area contributed by atoms with Crippen LogP contribution in [0, 0.1) is 0 Å². The van der Waals surface area contributed by atoms with Gasteiger partial charge in [0, 0.05) is 17.8 Å². The number of nitrogen functional groups attached to an aromatic ring is 1. The number of aromatic nitrogens is 3. The summed E-state index contributed by atoms with van der Waals surface area (Å²) in [7, 11) is 0. The fraction of sp³-hybridized carbons (Fsp3) is 0.167. The summed E-state index contributed by atoms with van der Waals surface area (Å²) in [6, 6.07) is 3.04. The number of hydrogen-bond donors (Lipinski definition) is 4. The Kier molecular flexibility index (Phi) is 6.91. The largest absolute Gasteiger partial charge is 0.417 e. The topological polar surface area (TPSA) is 149 Å². The lowest BCUT2D eigenvalue weighted by atomic mass is 10.2. The normalized spacial score (nSPS) is 11.3. The van der Waals surface area contributed by atoms with E-state index in [1.165, 1.54) is 12.3 Å². The highest BCUT2D eigenvalue weighted by molar-refractivity contribution is 7.13. The quantitative estimate of drug-likeness (QED) is 0.419. The summed E-state index contributed by atoms with van der Waals surface area (Å²) < 4.78 is 38.9. The highest BCUT2D eigenvalue weighted by Gasteiger charge is 2.33. The van der Waals surface area contributed by atoms with E-state index in [-0.39, 0.29) is 35.2 Å². The molecule has 0 aliphatic carbocycles. The van der Waals surface area contributed by atoms with Crippen LogP contribution in [0.15, 0.2) is 30.7 Å². The standard InChI is InChI=1S/C18H15ClF3N7O2S/c19-11-2-1-8(3-10(11)18(20,21)22)29-16(30)12-5-25-13(32-12)6-26-17(31)14-9(4-23)15(24)28-7-27-14/h1-3,5,7H,4,6,23H2,(H,26,31)(H,29,30)(H2,24,27,28). The number of alkyl halides is 3. The Balaban J connectivity index is 1.66. The number of carbonyl (C=O) groups excluding carboxylic acids is 2. The maximum atomic E-state index is 13.0. The van der Waals surface area contributed by atoms with Crippen LogP contribution in [0.5, 0.6) is 0 Å². The molecule has 0 atom stereocenters. The van der Waals surface area contributed by atoms with Gasteiger partial charge in [-0.3, -0.25) is 9.59 Å². The maximum absolute atomic E-state index is 13.0. The highest BCUT2D eigenvalue weighted by Crippen LogP contribution is 2.36. The van der Waals surface area contributed by atoms with Crippen LogP contribution < -0.4 is 22.1 Å². The van der Waals surface area contributed by atoms with Gasteiger partial charge in [0.1, 0.15) is 27.7 Å². The van der Waals surface area contributed by atoms with Gasteiger partial charge in [-0.15, -0.1) is 11.3 Å². The number of thiazole rings is 1. The molecule has 14 heteroatoms. The molecule has 2 amide bonds. The first-order valence-corrected chi connectivity index (χ1v) is 10.00. The van der Waals surface area contributed by atoms with E-state index in [1.54, 1.807) is 0 Å². The zero-order chi connectivity index (χ0) is 23.5. The molecule has 168 valence electrons. The van der Waals surface area contributed by atoms with Crippen LogP contribution in [0.1, 0.15) is 36.3 Å². The predicted octanol–water partition coefficient (Wildman–Crippen LogP) is 2.83. The minimum Gasteiger partial charge on any atom is -0.383 e. The molecule has 9 nitrogen and oxygen atoms in total. The summed E-state index contributed by atoms with van der Waals surface area (Å²) in [5, 5.41) is 4.85. The number of nitrogens with two attached hydrogens (primary N) is 2. The van der Waals surface area contributed by atoms with Crippen molar-refractivity contribution in [2.24, 2.45) is 5.73 Å². The molecule has 2 heterocycles. The summed E-state index contributed by atoms with van der Waals surface area (Å²) in [4.78, 5) is 36.5. The maximum Gasteiger partial charge on any atom is 0.417 e. The van der Waals surface area contributed by atoms with Crippen molar-refractivity contribution < 1.29 is 22.8 Å². The molecule has 0 aliphatic heterocycles. The molecule has 0 unspecified atom stereocenters. The van der Waals surface area contributed by atoms with Gasteiger partial charge in [0.25, 0.3) is 11.8 Å². The number of hydrogen-bond acceptors (Lipinski definition) is 8. The first-order valence-electron chi connectivity index (χ1n) is 8.80. The van der Waals surface area contributed by atoms with Gasteiger partial charge in [-0.2, -0.15) is 13.2 Å². The Morgan fingerprint density at radius 2 is 1.91 bits per heavy atom. The van der Waals surface area contributed by atoms with Gasteiger partial charge in [0.15, 0.2) is 0 Å². The SMILES string of the molecule is NCc1c(N)ncnc1C(=O)NCc1ncc(C(=O)Nc2ccc(Cl)c(C(F)(F)F)c2)s1. The van der Waals surface area contributed by atoms with Crippen LogP contribution in [0.25, 0.3) is 0 Å². The first kappa shape index (κ1) is 23.4. The molecule has 6 N–H and O–H groups in total. The molecular weight excluding hydrogens is 471 g/mol. The van der Waals surface area contributed by atoms with Gasteiger partial charge in [-0.25, -0.2) is 15.0 Å². The van der Waals surface area contributed by atoms with E-state index < -0.39 is 28.6 Å². The van der Waals surface area contributed by atoms with Gasteiger partial charge in [0.05, 0.1) is 23.3 Å². The van der Waals surface area contributed by atoms with Crippen LogP contribution in [-0.2, 0) is 19.3 Å². The zero-order valence-corrected chi connectivity index (χ0v) is 17.6. The molecule has 0 saturated carbocycles. The van der Waals surface area contributed by atoms with Crippen LogP contribution >= 0.6 is 22.9 Å². The number of nitrogens with zero attached hydrogens (tertiary/aromatic N) is 3. The van der Waals surface area contributed by atoms with Crippen LogP contribution in [0.4, 0.5) is 24.7 Å². The number of benzene rings is 1. The third-order valence-electron chi connectivity index (χ3n) is 4.11. The Labute approximate surface area is 188 Å². The molecule has 0 spiro atoms. The van der Waals surface area contributed by atoms with Crippen molar-refractivity contribution in [3.05, 3.63) is 62.5 Å². The van der Waals surface area contributed by atoms with Crippen molar-refractivity contribution >= 4 is 46.3 Å². The number of rotatable bonds is 6. The second-order valence-electron chi connectivity index (χ2n) is 6.24. The summed E-state index contributed by atoms with van der Waals surface area (Å²) in [6.07, 6.45) is -2.28. The Bertz CT molecular complexity index is 1170. The smallest absolute Gasteiger partial charge is 0.383 e. The molecule has 2 aromatic heterocycles. The van der Waals surface area contributed by atoms with E-state index in [0.29, 0.717) is 10.6 Å². The Hall–Kier alpha value is -3.29. The van der Waals surface area contributed by atoms with Crippen LogP contribution in [0.3, 0.4) is 0 Å². The molecule has 0 fully saturated rings. The predicted molar refractivity (Wildman–Crippen MR) is 112 cm³/mol. The van der Waals surface area contributed by atoms with Crippen molar-refractivity contribution in [3.8, 4) is 0 Å². The van der Waals surface area contributed by atoms with Crippen LogP contribution in [0.2, 0.25) is 5.02 Å². The fourth-order valence-corrected chi connectivity index (χ4v) is 3.55. The zero-order valence-electron chi connectivity index (χ0n) is 16.0. The second kappa shape index (κ2) is 9.46. The summed E-state index contributed by atoms with van der Waals surface area (Å²) in [6.45, 7) is -0.0540. The van der Waals surface area contributed by atoms with E-state index in [1.807, 2.05) is 0 Å².